The van der Waals surface area contributed by atoms with Gasteiger partial charge in [0.15, 0.2) is 0 Å². The van der Waals surface area contributed by atoms with Gasteiger partial charge in [-0.05, 0) is 31.6 Å². The highest BCUT2D eigenvalue weighted by molar-refractivity contribution is 7.15. The number of amides is 2. The van der Waals surface area contributed by atoms with Crippen molar-refractivity contribution in [2.45, 2.75) is 57.4 Å². The Morgan fingerprint density at radius 3 is 2.52 bits per heavy atom. The molecule has 0 aliphatic heterocycles. The highest BCUT2D eigenvalue weighted by Gasteiger charge is 2.32. The Morgan fingerprint density at radius 1 is 1.19 bits per heavy atom. The highest BCUT2D eigenvalue weighted by Crippen LogP contribution is 2.42. The maximum absolute atomic E-state index is 12.4. The summed E-state index contributed by atoms with van der Waals surface area (Å²) in [5.41, 5.74) is 0. The Bertz CT molecular complexity index is 535. The molecule has 21 heavy (non-hydrogen) atoms. The predicted octanol–water partition coefficient (Wildman–Crippen LogP) is 2.05. The van der Waals surface area contributed by atoms with Gasteiger partial charge in [0.2, 0.25) is 16.9 Å². The topological polar surface area (TPSA) is 84.0 Å². The molecule has 0 saturated heterocycles. The van der Waals surface area contributed by atoms with E-state index in [1.807, 2.05) is 0 Å². The van der Waals surface area contributed by atoms with Gasteiger partial charge in [0.05, 0.1) is 0 Å². The van der Waals surface area contributed by atoms with Crippen LogP contribution in [0.5, 0.6) is 0 Å². The minimum Gasteiger partial charge on any atom is -0.344 e. The number of anilines is 1. The molecule has 2 fully saturated rings. The molecule has 6 nitrogen and oxygen atoms in total. The lowest BCUT2D eigenvalue weighted by Crippen LogP contribution is -2.47. The molecule has 2 N–H and O–H groups in total. The normalized spacial score (nSPS) is 20.2. The van der Waals surface area contributed by atoms with E-state index in [4.69, 9.17) is 0 Å². The van der Waals surface area contributed by atoms with E-state index in [0.717, 1.165) is 30.7 Å². The summed E-state index contributed by atoms with van der Waals surface area (Å²) in [4.78, 5) is 23.8. The molecular formula is C14H20N4O2S. The van der Waals surface area contributed by atoms with Gasteiger partial charge in [-0.2, -0.15) is 0 Å². The van der Waals surface area contributed by atoms with Gasteiger partial charge in [0.25, 0.3) is 0 Å². The van der Waals surface area contributed by atoms with Crippen LogP contribution in [0.2, 0.25) is 0 Å². The van der Waals surface area contributed by atoms with Crippen molar-refractivity contribution in [3.05, 3.63) is 5.01 Å². The molecule has 2 aliphatic rings. The largest absolute Gasteiger partial charge is 0.344 e. The third-order valence-electron chi connectivity index (χ3n) is 4.11. The predicted molar refractivity (Wildman–Crippen MR) is 80.1 cm³/mol. The molecule has 3 rings (SSSR count). The molecule has 1 aromatic heterocycles. The van der Waals surface area contributed by atoms with E-state index in [0.29, 0.717) is 11.0 Å². The second-order valence-electron chi connectivity index (χ2n) is 5.93. The van der Waals surface area contributed by atoms with Crippen molar-refractivity contribution >= 4 is 28.3 Å². The lowest BCUT2D eigenvalue weighted by Gasteiger charge is -2.22. The molecule has 1 aromatic rings. The number of carbonyl (C=O) groups is 2. The van der Waals surface area contributed by atoms with E-state index in [1.165, 1.54) is 31.1 Å². The summed E-state index contributed by atoms with van der Waals surface area (Å²) in [5.74, 6) is 0.424. The minimum atomic E-state index is -0.460. The average Bonchev–Trinajstić information content (AvgIpc) is 2.97. The summed E-state index contributed by atoms with van der Waals surface area (Å²) < 4.78 is 0. The maximum atomic E-state index is 12.4. The standard InChI is InChI=1S/C14H20N4O2S/c1-8(19)15-11(9-4-2-3-5-9)12(20)16-14-18-17-13(21-14)10-6-7-10/h9-11H,2-7H2,1H3,(H,15,19)(H,16,18,20)/t11-/m1/s1. The van der Waals surface area contributed by atoms with E-state index >= 15 is 0 Å². The monoisotopic (exact) mass is 308 g/mol. The van der Waals surface area contributed by atoms with Gasteiger partial charge in [0, 0.05) is 12.8 Å². The van der Waals surface area contributed by atoms with E-state index in [1.54, 1.807) is 0 Å². The summed E-state index contributed by atoms with van der Waals surface area (Å²) in [6.45, 7) is 1.45. The molecule has 7 heteroatoms. The first-order valence-corrected chi connectivity index (χ1v) is 8.36. The zero-order chi connectivity index (χ0) is 14.8. The van der Waals surface area contributed by atoms with Crippen LogP contribution in [0.15, 0.2) is 0 Å². The fourth-order valence-corrected chi connectivity index (χ4v) is 3.79. The quantitative estimate of drug-likeness (QED) is 0.872. The molecule has 0 unspecified atom stereocenters. The lowest BCUT2D eigenvalue weighted by molar-refractivity contribution is -0.126. The summed E-state index contributed by atoms with van der Waals surface area (Å²) in [5, 5.41) is 15.3. The van der Waals surface area contributed by atoms with Crippen molar-refractivity contribution in [3.63, 3.8) is 0 Å². The molecule has 2 saturated carbocycles. The number of nitrogens with one attached hydrogen (secondary N) is 2. The van der Waals surface area contributed by atoms with Gasteiger partial charge >= 0.3 is 0 Å². The van der Waals surface area contributed by atoms with Gasteiger partial charge in [-0.25, -0.2) is 0 Å². The van der Waals surface area contributed by atoms with Crippen LogP contribution in [0.1, 0.15) is 56.4 Å². The van der Waals surface area contributed by atoms with Gasteiger partial charge < -0.3 is 5.32 Å². The number of carbonyl (C=O) groups excluding carboxylic acids is 2. The SMILES string of the molecule is CC(=O)N[C@@H](C(=O)Nc1nnc(C2CC2)s1)C1CCCC1. The molecule has 2 amide bonds. The first kappa shape index (κ1) is 14.4. The Hall–Kier alpha value is -1.50. The van der Waals surface area contributed by atoms with Crippen LogP contribution in [0.3, 0.4) is 0 Å². The number of hydrogen-bond acceptors (Lipinski definition) is 5. The van der Waals surface area contributed by atoms with Crippen molar-refractivity contribution in [3.8, 4) is 0 Å². The van der Waals surface area contributed by atoms with Crippen molar-refractivity contribution in [1.82, 2.24) is 15.5 Å². The van der Waals surface area contributed by atoms with Gasteiger partial charge in [0.1, 0.15) is 11.0 Å². The Labute approximate surface area is 127 Å². The zero-order valence-corrected chi connectivity index (χ0v) is 12.9. The fourth-order valence-electron chi connectivity index (χ4n) is 2.87. The van der Waals surface area contributed by atoms with Crippen LogP contribution in [0.4, 0.5) is 5.13 Å². The van der Waals surface area contributed by atoms with E-state index in [2.05, 4.69) is 20.8 Å². The second kappa shape index (κ2) is 6.09. The molecule has 2 aliphatic carbocycles. The zero-order valence-electron chi connectivity index (χ0n) is 12.1. The van der Waals surface area contributed by atoms with Crippen LogP contribution in [0.25, 0.3) is 0 Å². The maximum Gasteiger partial charge on any atom is 0.249 e. The highest BCUT2D eigenvalue weighted by atomic mass is 32.1. The van der Waals surface area contributed by atoms with Crippen molar-refractivity contribution in [2.75, 3.05) is 5.32 Å². The summed E-state index contributed by atoms with van der Waals surface area (Å²) in [6.07, 6.45) is 6.55. The molecule has 114 valence electrons. The summed E-state index contributed by atoms with van der Waals surface area (Å²) in [7, 11) is 0. The number of hydrogen-bond donors (Lipinski definition) is 2. The van der Waals surface area contributed by atoms with Crippen LogP contribution in [0, 0.1) is 5.92 Å². The minimum absolute atomic E-state index is 0.169. The third-order valence-corrected chi connectivity index (χ3v) is 5.11. The van der Waals surface area contributed by atoms with Crippen molar-refractivity contribution in [2.24, 2.45) is 5.92 Å². The van der Waals surface area contributed by atoms with E-state index < -0.39 is 6.04 Å². The molecule has 0 radical (unpaired) electrons. The van der Waals surface area contributed by atoms with Crippen molar-refractivity contribution in [1.29, 1.82) is 0 Å². The third kappa shape index (κ3) is 3.58. The van der Waals surface area contributed by atoms with Crippen LogP contribution < -0.4 is 10.6 Å². The molecule has 0 spiro atoms. The summed E-state index contributed by atoms with van der Waals surface area (Å²) >= 11 is 1.44. The number of nitrogens with zero attached hydrogens (tertiary/aromatic N) is 2. The van der Waals surface area contributed by atoms with Crippen LogP contribution in [-0.4, -0.2) is 28.1 Å². The van der Waals surface area contributed by atoms with Crippen LogP contribution >= 0.6 is 11.3 Å². The lowest BCUT2D eigenvalue weighted by atomic mass is 9.97. The molecule has 0 bridgehead atoms. The number of rotatable bonds is 5. The first-order valence-electron chi connectivity index (χ1n) is 7.55. The molecule has 1 atom stereocenters. The smallest absolute Gasteiger partial charge is 0.249 e. The van der Waals surface area contributed by atoms with Crippen molar-refractivity contribution < 1.29 is 9.59 Å². The van der Waals surface area contributed by atoms with E-state index in [-0.39, 0.29) is 17.7 Å². The average molecular weight is 308 g/mol. The Kier molecular flexibility index (Phi) is 4.19. The van der Waals surface area contributed by atoms with Gasteiger partial charge in [-0.15, -0.1) is 10.2 Å². The Balaban J connectivity index is 1.65. The molecule has 1 heterocycles. The Morgan fingerprint density at radius 2 is 1.90 bits per heavy atom. The summed E-state index contributed by atoms with van der Waals surface area (Å²) in [6, 6.07) is -0.460. The first-order chi connectivity index (χ1) is 10.1. The van der Waals surface area contributed by atoms with E-state index in [9.17, 15) is 9.59 Å². The molecular weight excluding hydrogens is 288 g/mol. The fraction of sp³-hybridized carbons (Fsp3) is 0.714. The van der Waals surface area contributed by atoms with Gasteiger partial charge in [-0.1, -0.05) is 24.2 Å². The second-order valence-corrected chi connectivity index (χ2v) is 6.94. The molecule has 0 aromatic carbocycles. The van der Waals surface area contributed by atoms with Gasteiger partial charge in [-0.3, -0.25) is 14.9 Å². The number of aromatic nitrogens is 2. The van der Waals surface area contributed by atoms with Crippen LogP contribution in [-0.2, 0) is 9.59 Å².